The van der Waals surface area contributed by atoms with Crippen LogP contribution in [0.15, 0.2) is 61.2 Å². The van der Waals surface area contributed by atoms with E-state index in [9.17, 15) is 4.79 Å². The number of carbonyl (C=O) groups is 1. The van der Waals surface area contributed by atoms with Gasteiger partial charge in [0.1, 0.15) is 17.6 Å². The number of amides is 1. The van der Waals surface area contributed by atoms with Gasteiger partial charge in [0.25, 0.3) is 0 Å². The SMILES string of the molecule is C=CC(=O)N1CCC(Oc2cccc(-c3ccccc3OC(C)C)c2)CC1. The van der Waals surface area contributed by atoms with Crippen LogP contribution in [-0.2, 0) is 4.79 Å². The maximum absolute atomic E-state index is 11.7. The van der Waals surface area contributed by atoms with Crippen molar-refractivity contribution in [2.24, 2.45) is 0 Å². The summed E-state index contributed by atoms with van der Waals surface area (Å²) in [5.41, 5.74) is 2.13. The lowest BCUT2D eigenvalue weighted by atomic mass is 10.0. The Morgan fingerprint density at radius 3 is 2.59 bits per heavy atom. The Balaban J connectivity index is 1.70. The van der Waals surface area contributed by atoms with E-state index in [1.54, 1.807) is 0 Å². The fourth-order valence-corrected chi connectivity index (χ4v) is 3.31. The number of ether oxygens (including phenoxy) is 2. The van der Waals surface area contributed by atoms with E-state index in [0.29, 0.717) is 13.1 Å². The van der Waals surface area contributed by atoms with Gasteiger partial charge in [0.15, 0.2) is 0 Å². The van der Waals surface area contributed by atoms with Gasteiger partial charge in [0.2, 0.25) is 5.91 Å². The van der Waals surface area contributed by atoms with E-state index >= 15 is 0 Å². The number of para-hydroxylation sites is 1. The average Bonchev–Trinajstić information content (AvgIpc) is 2.68. The van der Waals surface area contributed by atoms with Crippen molar-refractivity contribution in [1.82, 2.24) is 4.90 Å². The van der Waals surface area contributed by atoms with Gasteiger partial charge in [-0.05, 0) is 43.7 Å². The molecule has 1 amide bonds. The molecule has 0 atom stereocenters. The molecule has 1 saturated heterocycles. The summed E-state index contributed by atoms with van der Waals surface area (Å²) in [6.45, 7) is 9.03. The van der Waals surface area contributed by atoms with E-state index in [0.717, 1.165) is 35.5 Å². The number of likely N-dealkylation sites (tertiary alicyclic amines) is 1. The summed E-state index contributed by atoms with van der Waals surface area (Å²) < 4.78 is 12.1. The number of hydrogen-bond acceptors (Lipinski definition) is 3. The Hall–Kier alpha value is -2.75. The van der Waals surface area contributed by atoms with E-state index < -0.39 is 0 Å². The van der Waals surface area contributed by atoms with E-state index in [1.807, 2.05) is 49.1 Å². The summed E-state index contributed by atoms with van der Waals surface area (Å²) >= 11 is 0. The van der Waals surface area contributed by atoms with Crippen molar-refractivity contribution in [1.29, 1.82) is 0 Å². The van der Waals surface area contributed by atoms with E-state index in [2.05, 4.69) is 24.8 Å². The first-order valence-electron chi connectivity index (χ1n) is 9.51. The molecule has 0 unspecified atom stereocenters. The van der Waals surface area contributed by atoms with Crippen molar-refractivity contribution in [3.8, 4) is 22.6 Å². The highest BCUT2D eigenvalue weighted by Crippen LogP contribution is 2.33. The Kier molecular flexibility index (Phi) is 6.17. The van der Waals surface area contributed by atoms with Crippen LogP contribution in [0.2, 0.25) is 0 Å². The van der Waals surface area contributed by atoms with Crippen LogP contribution >= 0.6 is 0 Å². The van der Waals surface area contributed by atoms with Gasteiger partial charge in [-0.25, -0.2) is 0 Å². The minimum Gasteiger partial charge on any atom is -0.490 e. The second-order valence-electron chi connectivity index (χ2n) is 7.04. The first-order chi connectivity index (χ1) is 13.1. The third kappa shape index (κ3) is 4.91. The molecule has 4 heteroatoms. The molecule has 27 heavy (non-hydrogen) atoms. The van der Waals surface area contributed by atoms with Crippen LogP contribution in [-0.4, -0.2) is 36.1 Å². The highest BCUT2D eigenvalue weighted by molar-refractivity contribution is 5.87. The van der Waals surface area contributed by atoms with Crippen LogP contribution < -0.4 is 9.47 Å². The van der Waals surface area contributed by atoms with Crippen molar-refractivity contribution in [3.63, 3.8) is 0 Å². The van der Waals surface area contributed by atoms with E-state index in [-0.39, 0.29) is 18.1 Å². The van der Waals surface area contributed by atoms with Gasteiger partial charge in [-0.1, -0.05) is 36.9 Å². The summed E-state index contributed by atoms with van der Waals surface area (Å²) in [4.78, 5) is 13.5. The molecule has 1 aliphatic heterocycles. The molecule has 3 rings (SSSR count). The zero-order valence-corrected chi connectivity index (χ0v) is 16.1. The maximum Gasteiger partial charge on any atom is 0.245 e. The normalized spacial score (nSPS) is 14.9. The summed E-state index contributed by atoms with van der Waals surface area (Å²) in [6, 6.07) is 16.2. The molecule has 0 radical (unpaired) electrons. The standard InChI is InChI=1S/C23H27NO3/c1-4-23(25)24-14-12-19(13-15-24)27-20-9-7-8-18(16-20)21-10-5-6-11-22(21)26-17(2)3/h4-11,16-17,19H,1,12-15H2,2-3H3. The molecule has 1 fully saturated rings. The van der Waals surface area contributed by atoms with Gasteiger partial charge in [-0.3, -0.25) is 4.79 Å². The molecule has 1 heterocycles. The van der Waals surface area contributed by atoms with Crippen LogP contribution in [0.3, 0.4) is 0 Å². The molecule has 0 N–H and O–H groups in total. The predicted octanol–water partition coefficient (Wildman–Crippen LogP) is 4.70. The molecule has 142 valence electrons. The molecule has 2 aromatic carbocycles. The lowest BCUT2D eigenvalue weighted by Gasteiger charge is -2.31. The number of benzene rings is 2. The fourth-order valence-electron chi connectivity index (χ4n) is 3.31. The fraction of sp³-hybridized carbons (Fsp3) is 0.348. The molecular weight excluding hydrogens is 338 g/mol. The topological polar surface area (TPSA) is 38.8 Å². The molecular formula is C23H27NO3. The lowest BCUT2D eigenvalue weighted by molar-refractivity contribution is -0.127. The first kappa shape index (κ1) is 19.0. The van der Waals surface area contributed by atoms with Gasteiger partial charge in [-0.2, -0.15) is 0 Å². The van der Waals surface area contributed by atoms with Crippen molar-refractivity contribution in [2.75, 3.05) is 13.1 Å². The molecule has 0 bridgehead atoms. The highest BCUT2D eigenvalue weighted by Gasteiger charge is 2.22. The number of hydrogen-bond donors (Lipinski definition) is 0. The minimum atomic E-state index is -0.00259. The molecule has 1 aliphatic rings. The molecule has 0 aromatic heterocycles. The van der Waals surface area contributed by atoms with Gasteiger partial charge >= 0.3 is 0 Å². The second-order valence-corrected chi connectivity index (χ2v) is 7.04. The first-order valence-corrected chi connectivity index (χ1v) is 9.51. The molecule has 4 nitrogen and oxygen atoms in total. The number of rotatable bonds is 6. The number of carbonyl (C=O) groups excluding carboxylic acids is 1. The van der Waals surface area contributed by atoms with E-state index in [1.165, 1.54) is 6.08 Å². The monoisotopic (exact) mass is 365 g/mol. The summed E-state index contributed by atoms with van der Waals surface area (Å²) in [5, 5.41) is 0. The predicted molar refractivity (Wildman–Crippen MR) is 108 cm³/mol. The largest absolute Gasteiger partial charge is 0.490 e. The quantitative estimate of drug-likeness (QED) is 0.697. The smallest absolute Gasteiger partial charge is 0.245 e. The Bertz CT molecular complexity index is 792. The van der Waals surface area contributed by atoms with Gasteiger partial charge < -0.3 is 14.4 Å². The average molecular weight is 365 g/mol. The minimum absolute atomic E-state index is 0.00259. The Morgan fingerprint density at radius 2 is 1.89 bits per heavy atom. The zero-order valence-electron chi connectivity index (χ0n) is 16.1. The van der Waals surface area contributed by atoms with Crippen molar-refractivity contribution in [3.05, 3.63) is 61.2 Å². The van der Waals surface area contributed by atoms with Gasteiger partial charge in [0.05, 0.1) is 6.10 Å². The molecule has 0 aliphatic carbocycles. The van der Waals surface area contributed by atoms with Gasteiger partial charge in [0, 0.05) is 31.5 Å². The molecule has 0 saturated carbocycles. The second kappa shape index (κ2) is 8.76. The van der Waals surface area contributed by atoms with Crippen molar-refractivity contribution >= 4 is 5.91 Å². The number of piperidine rings is 1. The van der Waals surface area contributed by atoms with Crippen LogP contribution in [0.1, 0.15) is 26.7 Å². The third-order valence-corrected chi connectivity index (χ3v) is 4.63. The van der Waals surface area contributed by atoms with Crippen molar-refractivity contribution < 1.29 is 14.3 Å². The van der Waals surface area contributed by atoms with E-state index in [4.69, 9.17) is 9.47 Å². The Labute approximate surface area is 161 Å². The Morgan fingerprint density at radius 1 is 1.15 bits per heavy atom. The lowest BCUT2D eigenvalue weighted by Crippen LogP contribution is -2.41. The van der Waals surface area contributed by atoms with Crippen LogP contribution in [0.4, 0.5) is 0 Å². The van der Waals surface area contributed by atoms with Crippen LogP contribution in [0.25, 0.3) is 11.1 Å². The molecule has 0 spiro atoms. The highest BCUT2D eigenvalue weighted by atomic mass is 16.5. The van der Waals surface area contributed by atoms with Crippen LogP contribution in [0.5, 0.6) is 11.5 Å². The summed E-state index contributed by atoms with van der Waals surface area (Å²) in [6.07, 6.45) is 3.28. The van der Waals surface area contributed by atoms with Crippen molar-refractivity contribution in [2.45, 2.75) is 38.9 Å². The molecule has 2 aromatic rings. The third-order valence-electron chi connectivity index (χ3n) is 4.63. The van der Waals surface area contributed by atoms with Gasteiger partial charge in [-0.15, -0.1) is 0 Å². The maximum atomic E-state index is 11.7. The summed E-state index contributed by atoms with van der Waals surface area (Å²) in [7, 11) is 0. The number of nitrogens with zero attached hydrogens (tertiary/aromatic N) is 1. The summed E-state index contributed by atoms with van der Waals surface area (Å²) in [5.74, 6) is 1.72. The zero-order chi connectivity index (χ0) is 19.2. The van der Waals surface area contributed by atoms with Crippen LogP contribution in [0, 0.1) is 0 Å².